The van der Waals surface area contributed by atoms with E-state index < -0.39 is 12.1 Å². The zero-order valence-electron chi connectivity index (χ0n) is 8.84. The lowest BCUT2D eigenvalue weighted by atomic mass is 9.87. The first-order valence-electron chi connectivity index (χ1n) is 5.26. The lowest BCUT2D eigenvalue weighted by Crippen LogP contribution is -2.44. The van der Waals surface area contributed by atoms with Gasteiger partial charge in [0.2, 0.25) is 5.91 Å². The summed E-state index contributed by atoms with van der Waals surface area (Å²) in [4.78, 5) is 13.7. The van der Waals surface area contributed by atoms with Crippen LogP contribution in [0.1, 0.15) is 11.6 Å². The maximum Gasteiger partial charge on any atom is 0.235 e. The number of aliphatic hydroxyl groups is 1. The summed E-state index contributed by atoms with van der Waals surface area (Å²) in [6, 6.07) is 7.58. The molecule has 2 heterocycles. The van der Waals surface area contributed by atoms with Crippen molar-refractivity contribution in [2.45, 2.75) is 12.3 Å². The number of benzene rings is 1. The first-order valence-corrected chi connectivity index (χ1v) is 5.26. The normalized spacial score (nSPS) is 32.5. The minimum Gasteiger partial charge on any atom is -0.376 e. The van der Waals surface area contributed by atoms with Crippen LogP contribution in [0.2, 0.25) is 0 Å². The molecule has 1 aromatic rings. The highest BCUT2D eigenvalue weighted by atomic mass is 16.3. The van der Waals surface area contributed by atoms with Gasteiger partial charge in [-0.3, -0.25) is 4.79 Å². The summed E-state index contributed by atoms with van der Waals surface area (Å²) in [7, 11) is 1.74. The molecule has 1 fully saturated rings. The number of hydrazine groups is 1. The van der Waals surface area contributed by atoms with Gasteiger partial charge in [-0.25, -0.2) is 10.9 Å². The minimum atomic E-state index is -0.826. The Morgan fingerprint density at radius 1 is 1.31 bits per heavy atom. The van der Waals surface area contributed by atoms with Crippen LogP contribution in [-0.4, -0.2) is 24.3 Å². The van der Waals surface area contributed by atoms with E-state index in [0.717, 1.165) is 11.3 Å². The van der Waals surface area contributed by atoms with Gasteiger partial charge in [0.05, 0.1) is 12.0 Å². The van der Waals surface area contributed by atoms with Gasteiger partial charge in [0.1, 0.15) is 6.23 Å². The average Bonchev–Trinajstić information content (AvgIpc) is 2.69. The number of hydrogen-bond acceptors (Lipinski definition) is 4. The average molecular weight is 219 g/mol. The third-order valence-corrected chi connectivity index (χ3v) is 3.33. The third kappa shape index (κ3) is 1.13. The van der Waals surface area contributed by atoms with Crippen LogP contribution in [0.3, 0.4) is 0 Å². The molecule has 0 aliphatic carbocycles. The molecule has 16 heavy (non-hydrogen) atoms. The zero-order chi connectivity index (χ0) is 11.3. The molecule has 3 atom stereocenters. The Balaban J connectivity index is 2.15. The van der Waals surface area contributed by atoms with E-state index >= 15 is 0 Å². The summed E-state index contributed by atoms with van der Waals surface area (Å²) in [5, 5.41) is 9.72. The number of hydrogen-bond donors (Lipinski definition) is 3. The fraction of sp³-hybridized carbons (Fsp3) is 0.364. The van der Waals surface area contributed by atoms with Crippen molar-refractivity contribution < 1.29 is 9.90 Å². The van der Waals surface area contributed by atoms with Gasteiger partial charge < -0.3 is 10.0 Å². The van der Waals surface area contributed by atoms with Crippen molar-refractivity contribution in [3.8, 4) is 0 Å². The predicted molar refractivity (Wildman–Crippen MR) is 58.4 cm³/mol. The molecule has 3 unspecified atom stereocenters. The summed E-state index contributed by atoms with van der Waals surface area (Å²) in [5.41, 5.74) is 7.62. The molecule has 1 aromatic carbocycles. The van der Waals surface area contributed by atoms with E-state index in [1.54, 1.807) is 11.9 Å². The van der Waals surface area contributed by atoms with Crippen LogP contribution < -0.4 is 15.8 Å². The smallest absolute Gasteiger partial charge is 0.235 e. The van der Waals surface area contributed by atoms with Crippen molar-refractivity contribution >= 4 is 11.6 Å². The molecule has 3 N–H and O–H groups in total. The number of anilines is 1. The van der Waals surface area contributed by atoms with Gasteiger partial charge in [0.15, 0.2) is 0 Å². The van der Waals surface area contributed by atoms with E-state index in [9.17, 15) is 9.90 Å². The second-order valence-electron chi connectivity index (χ2n) is 4.19. The molecule has 0 aromatic heterocycles. The van der Waals surface area contributed by atoms with Crippen LogP contribution in [0, 0.1) is 5.92 Å². The van der Waals surface area contributed by atoms with Crippen molar-refractivity contribution in [3.63, 3.8) is 0 Å². The molecule has 5 nitrogen and oxygen atoms in total. The number of nitrogens with zero attached hydrogens (tertiary/aromatic N) is 1. The van der Waals surface area contributed by atoms with Gasteiger partial charge in [0, 0.05) is 12.7 Å². The van der Waals surface area contributed by atoms with E-state index in [2.05, 4.69) is 10.9 Å². The van der Waals surface area contributed by atoms with E-state index in [-0.39, 0.29) is 11.9 Å². The van der Waals surface area contributed by atoms with Gasteiger partial charge in [-0.05, 0) is 11.6 Å². The van der Waals surface area contributed by atoms with Crippen LogP contribution >= 0.6 is 0 Å². The maximum absolute atomic E-state index is 12.1. The molecule has 2 aliphatic heterocycles. The lowest BCUT2D eigenvalue weighted by molar-refractivity contribution is -0.125. The number of nitrogens with one attached hydrogen (secondary N) is 2. The van der Waals surface area contributed by atoms with Gasteiger partial charge in [-0.15, -0.1) is 0 Å². The second-order valence-corrected chi connectivity index (χ2v) is 4.19. The molecule has 1 amide bonds. The summed E-state index contributed by atoms with van der Waals surface area (Å²) < 4.78 is 0. The summed E-state index contributed by atoms with van der Waals surface area (Å²) in [6.45, 7) is 0. The van der Waals surface area contributed by atoms with E-state index in [1.807, 2.05) is 24.3 Å². The van der Waals surface area contributed by atoms with Crippen molar-refractivity contribution in [3.05, 3.63) is 29.8 Å². The second kappa shape index (κ2) is 3.28. The Morgan fingerprint density at radius 3 is 2.88 bits per heavy atom. The maximum atomic E-state index is 12.1. The number of aliphatic hydroxyl groups excluding tert-OH is 1. The zero-order valence-corrected chi connectivity index (χ0v) is 8.84. The SMILES string of the molecule is CN1C(=O)C2C(O)NNC2c2ccccc21. The van der Waals surface area contributed by atoms with Crippen LogP contribution in [0.4, 0.5) is 5.69 Å². The number of para-hydroxylation sites is 1. The Morgan fingerprint density at radius 2 is 2.06 bits per heavy atom. The Bertz CT molecular complexity index is 449. The number of carbonyl (C=O) groups excluding carboxylic acids is 1. The first kappa shape index (κ1) is 9.77. The Labute approximate surface area is 93.0 Å². The molecule has 84 valence electrons. The summed E-state index contributed by atoms with van der Waals surface area (Å²) in [5.74, 6) is -0.506. The van der Waals surface area contributed by atoms with Crippen LogP contribution in [0.25, 0.3) is 0 Å². The van der Waals surface area contributed by atoms with E-state index in [1.165, 1.54) is 0 Å². The number of amides is 1. The number of carbonyl (C=O) groups is 1. The summed E-state index contributed by atoms with van der Waals surface area (Å²) >= 11 is 0. The molecule has 2 aliphatic rings. The Kier molecular flexibility index (Phi) is 2.00. The fourth-order valence-corrected chi connectivity index (χ4v) is 2.48. The molecule has 5 heteroatoms. The van der Waals surface area contributed by atoms with Gasteiger partial charge in [0.25, 0.3) is 0 Å². The van der Waals surface area contributed by atoms with Crippen LogP contribution in [0.5, 0.6) is 0 Å². The van der Waals surface area contributed by atoms with E-state index in [4.69, 9.17) is 0 Å². The molecule has 0 saturated carbocycles. The molecule has 0 spiro atoms. The lowest BCUT2D eigenvalue weighted by Gasteiger charge is -2.33. The third-order valence-electron chi connectivity index (χ3n) is 3.33. The quantitative estimate of drug-likeness (QED) is 0.563. The van der Waals surface area contributed by atoms with Crippen molar-refractivity contribution in [1.29, 1.82) is 0 Å². The van der Waals surface area contributed by atoms with Gasteiger partial charge in [-0.2, -0.15) is 0 Å². The number of fused-ring (bicyclic) bond motifs is 3. The van der Waals surface area contributed by atoms with Crippen LogP contribution in [0.15, 0.2) is 24.3 Å². The molecular weight excluding hydrogens is 206 g/mol. The highest BCUT2D eigenvalue weighted by molar-refractivity contribution is 5.98. The van der Waals surface area contributed by atoms with Crippen molar-refractivity contribution in [2.24, 2.45) is 5.92 Å². The minimum absolute atomic E-state index is 0.0614. The van der Waals surface area contributed by atoms with Gasteiger partial charge >= 0.3 is 0 Å². The molecular formula is C11H13N3O2. The Hall–Kier alpha value is -1.43. The number of rotatable bonds is 0. The fourth-order valence-electron chi connectivity index (χ4n) is 2.48. The topological polar surface area (TPSA) is 64.6 Å². The van der Waals surface area contributed by atoms with E-state index in [0.29, 0.717) is 0 Å². The highest BCUT2D eigenvalue weighted by Crippen LogP contribution is 2.39. The highest BCUT2D eigenvalue weighted by Gasteiger charge is 2.46. The molecule has 0 bridgehead atoms. The van der Waals surface area contributed by atoms with Crippen LogP contribution in [-0.2, 0) is 4.79 Å². The summed E-state index contributed by atoms with van der Waals surface area (Å²) in [6.07, 6.45) is -0.826. The predicted octanol–water partition coefficient (Wildman–Crippen LogP) is -0.253. The molecule has 0 radical (unpaired) electrons. The van der Waals surface area contributed by atoms with Gasteiger partial charge in [-0.1, -0.05) is 18.2 Å². The molecule has 3 rings (SSSR count). The standard InChI is InChI=1S/C11H13N3O2/c1-14-7-5-3-2-4-6(7)9-8(11(14)16)10(15)13-12-9/h2-5,8-10,12-13,15H,1H3. The monoisotopic (exact) mass is 219 g/mol. The largest absolute Gasteiger partial charge is 0.376 e. The molecule has 1 saturated heterocycles. The first-order chi connectivity index (χ1) is 7.70. The van der Waals surface area contributed by atoms with Crippen molar-refractivity contribution in [1.82, 2.24) is 10.9 Å². The van der Waals surface area contributed by atoms with Crippen molar-refractivity contribution in [2.75, 3.05) is 11.9 Å².